The van der Waals surface area contributed by atoms with Gasteiger partial charge in [0.25, 0.3) is 0 Å². The summed E-state index contributed by atoms with van der Waals surface area (Å²) in [5, 5.41) is 2.53. The average Bonchev–Trinajstić information content (AvgIpc) is 2.17. The van der Waals surface area contributed by atoms with Crippen LogP contribution in [0.5, 0.6) is 0 Å². The minimum absolute atomic E-state index is 1.15. The first kappa shape index (κ1) is 8.11. The quantitative estimate of drug-likeness (QED) is 0.636. The molecule has 0 N–H and O–H groups in total. The lowest BCUT2D eigenvalue weighted by atomic mass is 10.1. The van der Waals surface area contributed by atoms with Crippen LogP contribution in [-0.4, -0.2) is 14.1 Å². The SMILES string of the molecule is CN(C)c1[c]ccc2ccccc12. The molecule has 1 radical (unpaired) electrons. The van der Waals surface area contributed by atoms with Gasteiger partial charge in [-0.1, -0.05) is 36.4 Å². The van der Waals surface area contributed by atoms with Crippen molar-refractivity contribution in [1.29, 1.82) is 0 Å². The second kappa shape index (κ2) is 3.09. The van der Waals surface area contributed by atoms with Crippen LogP contribution in [-0.2, 0) is 0 Å². The van der Waals surface area contributed by atoms with E-state index in [-0.39, 0.29) is 0 Å². The summed E-state index contributed by atoms with van der Waals surface area (Å²) in [5.74, 6) is 0. The summed E-state index contributed by atoms with van der Waals surface area (Å²) in [5.41, 5.74) is 1.15. The Morgan fingerprint density at radius 3 is 2.62 bits per heavy atom. The highest BCUT2D eigenvalue weighted by molar-refractivity contribution is 5.93. The molecule has 0 bridgehead atoms. The van der Waals surface area contributed by atoms with Gasteiger partial charge < -0.3 is 4.90 Å². The molecule has 0 heterocycles. The summed E-state index contributed by atoms with van der Waals surface area (Å²) in [6.07, 6.45) is 0. The number of rotatable bonds is 1. The van der Waals surface area contributed by atoms with Crippen molar-refractivity contribution in [2.75, 3.05) is 19.0 Å². The van der Waals surface area contributed by atoms with Gasteiger partial charge in [-0.05, 0) is 5.39 Å². The first-order valence-electron chi connectivity index (χ1n) is 4.36. The molecular formula is C12H12N. The van der Waals surface area contributed by atoms with E-state index in [2.05, 4.69) is 41.3 Å². The van der Waals surface area contributed by atoms with Gasteiger partial charge in [-0.3, -0.25) is 0 Å². The molecule has 0 aliphatic heterocycles. The smallest absolute Gasteiger partial charge is 0.0521 e. The maximum absolute atomic E-state index is 3.24. The summed E-state index contributed by atoms with van der Waals surface area (Å²) in [6, 6.07) is 15.7. The van der Waals surface area contributed by atoms with Crippen molar-refractivity contribution in [3.8, 4) is 0 Å². The topological polar surface area (TPSA) is 3.24 Å². The standard InChI is InChI=1S/C12H12N/c1-13(2)12-9-5-7-10-6-3-4-8-11(10)12/h3-8H,1-2H3. The molecule has 0 aliphatic carbocycles. The number of hydrogen-bond acceptors (Lipinski definition) is 1. The molecule has 0 saturated heterocycles. The van der Waals surface area contributed by atoms with E-state index < -0.39 is 0 Å². The monoisotopic (exact) mass is 170 g/mol. The van der Waals surface area contributed by atoms with Crippen LogP contribution in [0.1, 0.15) is 0 Å². The van der Waals surface area contributed by atoms with Crippen LogP contribution in [0.4, 0.5) is 5.69 Å². The van der Waals surface area contributed by atoms with E-state index in [1.165, 1.54) is 10.8 Å². The third-order valence-corrected chi connectivity index (χ3v) is 2.15. The van der Waals surface area contributed by atoms with Gasteiger partial charge in [0.1, 0.15) is 0 Å². The molecule has 1 nitrogen and oxygen atoms in total. The number of hydrogen-bond donors (Lipinski definition) is 0. The number of nitrogens with zero attached hydrogens (tertiary/aromatic N) is 1. The predicted molar refractivity (Wildman–Crippen MR) is 57.1 cm³/mol. The van der Waals surface area contributed by atoms with Crippen molar-refractivity contribution in [3.05, 3.63) is 42.5 Å². The average molecular weight is 170 g/mol. The summed E-state index contributed by atoms with van der Waals surface area (Å²) < 4.78 is 0. The molecule has 0 unspecified atom stereocenters. The summed E-state index contributed by atoms with van der Waals surface area (Å²) in [6.45, 7) is 0. The molecule has 0 spiro atoms. The minimum atomic E-state index is 1.15. The zero-order valence-corrected chi connectivity index (χ0v) is 7.91. The fourth-order valence-electron chi connectivity index (χ4n) is 1.52. The van der Waals surface area contributed by atoms with Crippen molar-refractivity contribution in [1.82, 2.24) is 0 Å². The van der Waals surface area contributed by atoms with Crippen molar-refractivity contribution < 1.29 is 0 Å². The van der Waals surface area contributed by atoms with Crippen LogP contribution >= 0.6 is 0 Å². The van der Waals surface area contributed by atoms with E-state index in [0.29, 0.717) is 0 Å². The van der Waals surface area contributed by atoms with E-state index in [0.717, 1.165) is 5.69 Å². The molecule has 2 rings (SSSR count). The Kier molecular flexibility index (Phi) is 1.93. The van der Waals surface area contributed by atoms with E-state index in [1.54, 1.807) is 0 Å². The molecule has 0 amide bonds. The maximum atomic E-state index is 3.24. The van der Waals surface area contributed by atoms with Crippen molar-refractivity contribution >= 4 is 16.5 Å². The van der Waals surface area contributed by atoms with Crippen LogP contribution in [0.15, 0.2) is 36.4 Å². The van der Waals surface area contributed by atoms with E-state index >= 15 is 0 Å². The second-order valence-corrected chi connectivity index (χ2v) is 3.31. The van der Waals surface area contributed by atoms with Crippen molar-refractivity contribution in [2.45, 2.75) is 0 Å². The van der Waals surface area contributed by atoms with Crippen LogP contribution in [0.2, 0.25) is 0 Å². The maximum Gasteiger partial charge on any atom is 0.0521 e. The Labute approximate surface area is 78.6 Å². The molecule has 1 heteroatoms. The molecule has 0 aromatic heterocycles. The predicted octanol–water partition coefficient (Wildman–Crippen LogP) is 2.71. The van der Waals surface area contributed by atoms with Gasteiger partial charge >= 0.3 is 0 Å². The number of fused-ring (bicyclic) bond motifs is 1. The fraction of sp³-hybridized carbons (Fsp3) is 0.167. The lowest BCUT2D eigenvalue weighted by Crippen LogP contribution is -2.08. The zero-order chi connectivity index (χ0) is 9.26. The first-order valence-corrected chi connectivity index (χ1v) is 4.36. The lowest BCUT2D eigenvalue weighted by Gasteiger charge is -2.14. The van der Waals surface area contributed by atoms with Gasteiger partial charge in [-0.15, -0.1) is 0 Å². The van der Waals surface area contributed by atoms with Gasteiger partial charge in [-0.2, -0.15) is 0 Å². The number of benzene rings is 2. The molecule has 0 fully saturated rings. The van der Waals surface area contributed by atoms with Gasteiger partial charge in [0.05, 0.1) is 5.69 Å². The highest BCUT2D eigenvalue weighted by Crippen LogP contribution is 2.23. The second-order valence-electron chi connectivity index (χ2n) is 3.31. The van der Waals surface area contributed by atoms with Gasteiger partial charge in [0, 0.05) is 25.5 Å². The van der Waals surface area contributed by atoms with Crippen molar-refractivity contribution in [3.63, 3.8) is 0 Å². The molecule has 0 saturated carbocycles. The Balaban J connectivity index is 2.76. The molecule has 65 valence electrons. The Bertz CT molecular complexity index is 413. The molecule has 0 atom stereocenters. The van der Waals surface area contributed by atoms with Gasteiger partial charge in [0.2, 0.25) is 0 Å². The Morgan fingerprint density at radius 1 is 1.08 bits per heavy atom. The Hall–Kier alpha value is -1.50. The third kappa shape index (κ3) is 1.37. The van der Waals surface area contributed by atoms with Gasteiger partial charge in [0.15, 0.2) is 0 Å². The molecule has 2 aromatic carbocycles. The van der Waals surface area contributed by atoms with Crippen LogP contribution in [0.25, 0.3) is 10.8 Å². The first-order chi connectivity index (χ1) is 6.29. The minimum Gasteiger partial charge on any atom is -0.377 e. The highest BCUT2D eigenvalue weighted by Gasteiger charge is 2.00. The zero-order valence-electron chi connectivity index (χ0n) is 7.91. The summed E-state index contributed by atoms with van der Waals surface area (Å²) >= 11 is 0. The van der Waals surface area contributed by atoms with Crippen LogP contribution in [0.3, 0.4) is 0 Å². The van der Waals surface area contributed by atoms with E-state index in [4.69, 9.17) is 0 Å². The summed E-state index contributed by atoms with van der Waals surface area (Å²) in [7, 11) is 4.08. The van der Waals surface area contributed by atoms with Crippen LogP contribution in [0, 0.1) is 6.07 Å². The molecule has 2 aromatic rings. The highest BCUT2D eigenvalue weighted by atomic mass is 15.1. The van der Waals surface area contributed by atoms with E-state index in [1.807, 2.05) is 20.2 Å². The largest absolute Gasteiger partial charge is 0.377 e. The number of anilines is 1. The van der Waals surface area contributed by atoms with Crippen molar-refractivity contribution in [2.24, 2.45) is 0 Å². The molecular weight excluding hydrogens is 158 g/mol. The Morgan fingerprint density at radius 2 is 1.85 bits per heavy atom. The van der Waals surface area contributed by atoms with Gasteiger partial charge in [-0.25, -0.2) is 0 Å². The normalized spacial score (nSPS) is 10.3. The summed E-state index contributed by atoms with van der Waals surface area (Å²) in [4.78, 5) is 2.09. The molecule has 13 heavy (non-hydrogen) atoms. The fourth-order valence-corrected chi connectivity index (χ4v) is 1.52. The van der Waals surface area contributed by atoms with Crippen LogP contribution < -0.4 is 4.90 Å². The van der Waals surface area contributed by atoms with E-state index in [9.17, 15) is 0 Å². The molecule has 0 aliphatic rings. The third-order valence-electron chi connectivity index (χ3n) is 2.15. The lowest BCUT2D eigenvalue weighted by molar-refractivity contribution is 1.14.